The molecule has 1 aliphatic rings. The third kappa shape index (κ3) is 4.56. The molecule has 1 fully saturated rings. The van der Waals surface area contributed by atoms with E-state index in [1.807, 2.05) is 0 Å². The second-order valence-electron chi connectivity index (χ2n) is 8.08. The van der Waals surface area contributed by atoms with Crippen LogP contribution >= 0.6 is 0 Å². The van der Waals surface area contributed by atoms with Crippen LogP contribution in [-0.2, 0) is 10.0 Å². The molecule has 0 bridgehead atoms. The number of benzene rings is 1. The lowest BCUT2D eigenvalue weighted by Crippen LogP contribution is -2.47. The number of methoxy groups -OCH3 is 1. The van der Waals surface area contributed by atoms with Gasteiger partial charge >= 0.3 is 0 Å². The zero-order chi connectivity index (χ0) is 25.3. The molecule has 1 saturated heterocycles. The average molecular weight is 505 g/mol. The van der Waals surface area contributed by atoms with Crippen molar-refractivity contribution in [2.24, 2.45) is 0 Å². The zero-order valence-electron chi connectivity index (χ0n) is 19.4. The molecule has 0 amide bonds. The number of ketones is 1. The molecule has 0 radical (unpaired) electrons. The number of hydrogen-bond acceptors (Lipinski definition) is 10. The molecule has 1 aliphatic heterocycles. The van der Waals surface area contributed by atoms with Crippen LogP contribution in [0.15, 0.2) is 33.8 Å². The van der Waals surface area contributed by atoms with Crippen molar-refractivity contribution in [3.8, 4) is 5.75 Å². The Morgan fingerprint density at radius 1 is 1.26 bits per heavy atom. The van der Waals surface area contributed by atoms with Crippen LogP contribution in [0.3, 0.4) is 0 Å². The molecular formula is C22H25FN6O5S. The van der Waals surface area contributed by atoms with Gasteiger partial charge in [-0.05, 0) is 58.0 Å². The summed E-state index contributed by atoms with van der Waals surface area (Å²) >= 11 is 0. The van der Waals surface area contributed by atoms with E-state index in [4.69, 9.17) is 15.0 Å². The number of aromatic nitrogens is 3. The van der Waals surface area contributed by atoms with Crippen molar-refractivity contribution < 1.29 is 26.9 Å². The van der Waals surface area contributed by atoms with Gasteiger partial charge in [-0.1, -0.05) is 5.16 Å². The Morgan fingerprint density at radius 3 is 2.57 bits per heavy atom. The van der Waals surface area contributed by atoms with Crippen LogP contribution in [-0.4, -0.2) is 55.6 Å². The Balaban J connectivity index is 1.79. The Bertz CT molecular complexity index is 1350. The van der Waals surface area contributed by atoms with E-state index in [2.05, 4.69) is 20.4 Å². The van der Waals surface area contributed by atoms with Gasteiger partial charge in [0.05, 0.1) is 24.3 Å². The highest BCUT2D eigenvalue weighted by Crippen LogP contribution is 2.32. The first-order chi connectivity index (χ1) is 16.6. The van der Waals surface area contributed by atoms with Gasteiger partial charge in [0.15, 0.2) is 10.7 Å². The largest absolute Gasteiger partial charge is 0.496 e. The van der Waals surface area contributed by atoms with Gasteiger partial charge in [0, 0.05) is 6.20 Å². The highest BCUT2D eigenvalue weighted by molar-refractivity contribution is 7.93. The van der Waals surface area contributed by atoms with Crippen LogP contribution in [0, 0.1) is 19.7 Å². The molecule has 3 aromatic rings. The molecule has 0 unspecified atom stereocenters. The number of sulfonamides is 1. The number of nitrogens with one attached hydrogen (secondary N) is 1. The summed E-state index contributed by atoms with van der Waals surface area (Å²) in [5, 5.41) is 6.96. The predicted octanol–water partition coefficient (Wildman–Crippen LogP) is 1.99. The normalized spacial score (nSPS) is 14.6. The summed E-state index contributed by atoms with van der Waals surface area (Å²) < 4.78 is 52.7. The Morgan fingerprint density at radius 2 is 1.97 bits per heavy atom. The van der Waals surface area contributed by atoms with Crippen molar-refractivity contribution in [1.82, 2.24) is 20.4 Å². The maximum Gasteiger partial charge on any atom is 0.272 e. The molecule has 0 spiro atoms. The van der Waals surface area contributed by atoms with Crippen molar-refractivity contribution in [3.05, 3.63) is 52.8 Å². The van der Waals surface area contributed by atoms with Crippen LogP contribution in [0.2, 0.25) is 0 Å². The first-order valence-electron chi connectivity index (χ1n) is 10.8. The van der Waals surface area contributed by atoms with Gasteiger partial charge in [-0.2, -0.15) is 4.98 Å². The van der Waals surface area contributed by atoms with E-state index >= 15 is 0 Å². The Hall–Kier alpha value is -3.58. The number of nitrogens with two attached hydrogens (primary N) is 1. The smallest absolute Gasteiger partial charge is 0.272 e. The maximum absolute atomic E-state index is 13.8. The van der Waals surface area contributed by atoms with Gasteiger partial charge < -0.3 is 20.3 Å². The number of nitrogens with zero attached hydrogens (tertiary/aromatic N) is 4. The van der Waals surface area contributed by atoms with Gasteiger partial charge in [0.25, 0.3) is 10.0 Å². The molecular weight excluding hydrogens is 479 g/mol. The molecule has 3 N–H and O–H groups in total. The minimum absolute atomic E-state index is 0.0610. The predicted molar refractivity (Wildman–Crippen MR) is 124 cm³/mol. The number of ether oxygens (including phenoxy) is 1. The minimum atomic E-state index is -4.18. The van der Waals surface area contributed by atoms with Gasteiger partial charge in [-0.25, -0.2) is 22.1 Å². The molecule has 2 aromatic heterocycles. The molecule has 0 aliphatic carbocycles. The van der Waals surface area contributed by atoms with Crippen LogP contribution in [0.25, 0.3) is 0 Å². The van der Waals surface area contributed by atoms with Crippen molar-refractivity contribution in [3.63, 3.8) is 0 Å². The first kappa shape index (κ1) is 24.5. The molecule has 35 heavy (non-hydrogen) atoms. The molecule has 1 aromatic carbocycles. The highest BCUT2D eigenvalue weighted by atomic mass is 32.2. The van der Waals surface area contributed by atoms with E-state index < -0.39 is 27.7 Å². The molecule has 3 heterocycles. The summed E-state index contributed by atoms with van der Waals surface area (Å²) in [5.41, 5.74) is 6.14. The number of rotatable bonds is 7. The summed E-state index contributed by atoms with van der Waals surface area (Å²) in [4.78, 5) is 21.4. The molecule has 4 rings (SSSR count). The Kier molecular flexibility index (Phi) is 6.72. The second kappa shape index (κ2) is 9.58. The summed E-state index contributed by atoms with van der Waals surface area (Å²) in [6.45, 7) is 4.25. The number of carbonyl (C=O) groups is 1. The lowest BCUT2D eigenvalue weighted by molar-refractivity contribution is 0.103. The molecule has 186 valence electrons. The summed E-state index contributed by atoms with van der Waals surface area (Å²) in [6.07, 6.45) is 2.15. The molecule has 0 saturated carbocycles. The van der Waals surface area contributed by atoms with E-state index in [0.29, 0.717) is 25.9 Å². The molecule has 11 nitrogen and oxygen atoms in total. The number of halogens is 1. The monoisotopic (exact) mass is 504 g/mol. The van der Waals surface area contributed by atoms with Crippen LogP contribution in [0.5, 0.6) is 5.75 Å². The number of hydrogen-bond donors (Lipinski definition) is 2. The van der Waals surface area contributed by atoms with Crippen molar-refractivity contribution >= 4 is 27.6 Å². The number of aryl methyl sites for hydroxylation is 2. The minimum Gasteiger partial charge on any atom is -0.496 e. The SMILES string of the molecule is COc1ccc(F)cc1C(=O)c1cnc(N(C2CCNCC2)S(=O)(=O)c2c(C)noc2C)nc1N. The van der Waals surface area contributed by atoms with Crippen molar-refractivity contribution in [1.29, 1.82) is 0 Å². The van der Waals surface area contributed by atoms with Crippen molar-refractivity contribution in [2.45, 2.75) is 37.6 Å². The number of anilines is 2. The number of carbonyl (C=O) groups excluding carboxylic acids is 1. The second-order valence-corrected chi connectivity index (χ2v) is 9.83. The Labute approximate surface area is 201 Å². The number of nitrogen functional groups attached to an aromatic ring is 1. The fourth-order valence-electron chi connectivity index (χ4n) is 4.12. The molecule has 0 atom stereocenters. The van der Waals surface area contributed by atoms with Crippen LogP contribution < -0.4 is 20.1 Å². The van der Waals surface area contributed by atoms with E-state index in [-0.39, 0.29) is 45.0 Å². The third-order valence-electron chi connectivity index (χ3n) is 5.78. The van der Waals surface area contributed by atoms with Gasteiger partial charge in [0.2, 0.25) is 11.7 Å². The maximum atomic E-state index is 13.8. The summed E-state index contributed by atoms with van der Waals surface area (Å²) in [6, 6.07) is 3.05. The highest BCUT2D eigenvalue weighted by Gasteiger charge is 2.38. The lowest BCUT2D eigenvalue weighted by atomic mass is 10.0. The van der Waals surface area contributed by atoms with Gasteiger partial charge in [0.1, 0.15) is 23.1 Å². The summed E-state index contributed by atoms with van der Waals surface area (Å²) in [7, 11) is -2.83. The van der Waals surface area contributed by atoms with E-state index in [0.717, 1.165) is 22.6 Å². The fraction of sp³-hybridized carbons (Fsp3) is 0.364. The summed E-state index contributed by atoms with van der Waals surface area (Å²) in [5.74, 6) is -1.44. The standard InChI is InChI=1S/C22H25FN6O5S/c1-12-20(13(2)34-28-12)35(31,32)29(15-6-8-25-9-7-15)22-26-11-17(21(24)27-22)19(30)16-10-14(23)4-5-18(16)33-3/h4-5,10-11,15,25H,6-9H2,1-3H3,(H2,24,26,27). The van der Waals surface area contributed by atoms with E-state index in [1.165, 1.54) is 27.0 Å². The third-order valence-corrected chi connectivity index (χ3v) is 7.86. The average Bonchev–Trinajstić information content (AvgIpc) is 3.18. The lowest BCUT2D eigenvalue weighted by Gasteiger charge is -2.33. The first-order valence-corrected chi connectivity index (χ1v) is 12.3. The van der Waals surface area contributed by atoms with E-state index in [9.17, 15) is 17.6 Å². The van der Waals surface area contributed by atoms with Crippen LogP contribution in [0.1, 0.15) is 40.2 Å². The molecule has 13 heteroatoms. The van der Waals surface area contributed by atoms with Crippen LogP contribution in [0.4, 0.5) is 16.2 Å². The van der Waals surface area contributed by atoms with Crippen molar-refractivity contribution in [2.75, 3.05) is 30.2 Å². The van der Waals surface area contributed by atoms with Gasteiger partial charge in [-0.3, -0.25) is 4.79 Å². The number of piperidine rings is 1. The van der Waals surface area contributed by atoms with E-state index in [1.54, 1.807) is 0 Å². The quantitative estimate of drug-likeness (QED) is 0.457. The zero-order valence-corrected chi connectivity index (χ0v) is 20.2. The fourth-order valence-corrected chi connectivity index (χ4v) is 6.03. The van der Waals surface area contributed by atoms with Gasteiger partial charge in [-0.15, -0.1) is 0 Å². The topological polar surface area (TPSA) is 154 Å².